The highest BCUT2D eigenvalue weighted by atomic mass is 79.9. The highest BCUT2D eigenvalue weighted by molar-refractivity contribution is 9.10. The molecule has 1 aliphatic heterocycles. The topological polar surface area (TPSA) is 47.6 Å². The molecule has 0 radical (unpaired) electrons. The number of ether oxygens (including phenoxy) is 2. The van der Waals surface area contributed by atoms with Crippen LogP contribution in [0.3, 0.4) is 0 Å². The second kappa shape index (κ2) is 9.33. The van der Waals surface area contributed by atoms with Crippen LogP contribution in [0.2, 0.25) is 0 Å². The average molecular weight is 436 g/mol. The Bertz CT molecular complexity index is 775. The monoisotopic (exact) mass is 435 g/mol. The van der Waals surface area contributed by atoms with Crippen molar-refractivity contribution >= 4 is 21.8 Å². The molecule has 1 amide bonds. The fourth-order valence-corrected chi connectivity index (χ4v) is 3.88. The van der Waals surface area contributed by atoms with Crippen LogP contribution >= 0.6 is 15.9 Å². The molecular weight excluding hydrogens is 413 g/mol. The Morgan fingerprint density at radius 2 is 2.11 bits per heavy atom. The summed E-state index contributed by atoms with van der Waals surface area (Å²) in [5, 5.41) is 3.08. The number of halogens is 2. The number of benzene rings is 2. The van der Waals surface area contributed by atoms with E-state index >= 15 is 0 Å². The molecule has 1 heterocycles. The molecule has 0 aliphatic carbocycles. The van der Waals surface area contributed by atoms with E-state index < -0.39 is 0 Å². The number of hydrogen-bond acceptors (Lipinski definition) is 3. The third-order valence-corrected chi connectivity index (χ3v) is 5.36. The van der Waals surface area contributed by atoms with Crippen LogP contribution in [0.15, 0.2) is 46.9 Å². The molecule has 4 nitrogen and oxygen atoms in total. The average Bonchev–Trinajstić information content (AvgIpc) is 3.20. The van der Waals surface area contributed by atoms with E-state index in [-0.39, 0.29) is 23.9 Å². The maximum Gasteiger partial charge on any atom is 0.220 e. The first-order chi connectivity index (χ1) is 13.1. The van der Waals surface area contributed by atoms with E-state index in [0.29, 0.717) is 19.4 Å². The molecule has 0 unspecified atom stereocenters. The molecule has 2 atom stereocenters. The van der Waals surface area contributed by atoms with Crippen molar-refractivity contribution in [2.45, 2.75) is 37.8 Å². The predicted octanol–water partition coefficient (Wildman–Crippen LogP) is 4.57. The van der Waals surface area contributed by atoms with Gasteiger partial charge in [0.15, 0.2) is 0 Å². The molecule has 0 saturated carbocycles. The number of carbonyl (C=O) groups excluding carboxylic acids is 1. The van der Waals surface area contributed by atoms with Crippen LogP contribution in [0.25, 0.3) is 0 Å². The van der Waals surface area contributed by atoms with Crippen molar-refractivity contribution in [3.8, 4) is 5.75 Å². The molecule has 1 N–H and O–H groups in total. The van der Waals surface area contributed by atoms with Crippen molar-refractivity contribution in [3.05, 3.63) is 63.9 Å². The Morgan fingerprint density at radius 1 is 1.33 bits per heavy atom. The molecule has 2 aromatic carbocycles. The molecule has 3 rings (SSSR count). The van der Waals surface area contributed by atoms with E-state index in [0.717, 1.165) is 34.2 Å². The summed E-state index contributed by atoms with van der Waals surface area (Å²) in [7, 11) is 1.62. The molecule has 1 fully saturated rings. The maximum absolute atomic E-state index is 13.3. The normalized spacial score (nSPS) is 17.5. The smallest absolute Gasteiger partial charge is 0.220 e. The van der Waals surface area contributed by atoms with Gasteiger partial charge >= 0.3 is 0 Å². The summed E-state index contributed by atoms with van der Waals surface area (Å²) >= 11 is 3.46. The summed E-state index contributed by atoms with van der Waals surface area (Å²) in [5.74, 6) is 0.422. The number of carbonyl (C=O) groups is 1. The van der Waals surface area contributed by atoms with E-state index in [9.17, 15) is 9.18 Å². The van der Waals surface area contributed by atoms with Crippen molar-refractivity contribution in [1.82, 2.24) is 5.32 Å². The zero-order chi connectivity index (χ0) is 19.2. The Labute approximate surface area is 167 Å². The zero-order valence-corrected chi connectivity index (χ0v) is 16.8. The Morgan fingerprint density at radius 3 is 2.74 bits per heavy atom. The standard InChI is InChI=1S/C21H23BrFNO3/c1-26-18-10-4-14(13-17(18)22)5-11-20(25)24-21(19-3-2-12-27-19)15-6-8-16(23)9-7-15/h4,6-10,13,19,21H,2-3,5,11-12H2,1H3,(H,24,25)/t19-,21+/m1/s1. The SMILES string of the molecule is COc1ccc(CCC(=O)N[C@@H](c2ccc(F)cc2)[C@H]2CCCO2)cc1Br. The quantitative estimate of drug-likeness (QED) is 0.692. The fraction of sp³-hybridized carbons (Fsp3) is 0.381. The molecular formula is C21H23BrFNO3. The summed E-state index contributed by atoms with van der Waals surface area (Å²) in [6.45, 7) is 0.693. The molecule has 0 bridgehead atoms. The van der Waals surface area contributed by atoms with Gasteiger partial charge in [0.1, 0.15) is 11.6 Å². The highest BCUT2D eigenvalue weighted by Gasteiger charge is 2.28. The lowest BCUT2D eigenvalue weighted by Gasteiger charge is -2.25. The number of methoxy groups -OCH3 is 1. The van der Waals surface area contributed by atoms with Crippen molar-refractivity contribution in [2.75, 3.05) is 13.7 Å². The molecule has 27 heavy (non-hydrogen) atoms. The van der Waals surface area contributed by atoms with Gasteiger partial charge in [0, 0.05) is 13.0 Å². The first-order valence-corrected chi connectivity index (χ1v) is 9.85. The van der Waals surface area contributed by atoms with Crippen LogP contribution in [0.4, 0.5) is 4.39 Å². The minimum atomic E-state index is -0.291. The summed E-state index contributed by atoms with van der Waals surface area (Å²) in [6, 6.07) is 11.8. The van der Waals surface area contributed by atoms with Crippen LogP contribution in [0, 0.1) is 5.82 Å². The maximum atomic E-state index is 13.3. The molecule has 0 aromatic heterocycles. The van der Waals surface area contributed by atoms with Gasteiger partial charge in [-0.1, -0.05) is 18.2 Å². The largest absolute Gasteiger partial charge is 0.496 e. The lowest BCUT2D eigenvalue weighted by Crippen LogP contribution is -2.36. The van der Waals surface area contributed by atoms with Gasteiger partial charge < -0.3 is 14.8 Å². The zero-order valence-electron chi connectivity index (χ0n) is 15.2. The van der Waals surface area contributed by atoms with Gasteiger partial charge in [-0.15, -0.1) is 0 Å². The first-order valence-electron chi connectivity index (χ1n) is 9.05. The van der Waals surface area contributed by atoms with Crippen LogP contribution in [-0.4, -0.2) is 25.7 Å². The number of hydrogen-bond donors (Lipinski definition) is 1. The number of amides is 1. The number of aryl methyl sites for hydroxylation is 1. The van der Waals surface area contributed by atoms with Crippen molar-refractivity contribution in [3.63, 3.8) is 0 Å². The lowest BCUT2D eigenvalue weighted by atomic mass is 9.98. The van der Waals surface area contributed by atoms with Crippen LogP contribution in [0.1, 0.15) is 36.4 Å². The van der Waals surface area contributed by atoms with E-state index in [4.69, 9.17) is 9.47 Å². The fourth-order valence-electron chi connectivity index (χ4n) is 3.30. The van der Waals surface area contributed by atoms with E-state index in [1.54, 1.807) is 19.2 Å². The van der Waals surface area contributed by atoms with Crippen LogP contribution in [0.5, 0.6) is 5.75 Å². The van der Waals surface area contributed by atoms with Gasteiger partial charge in [0.05, 0.1) is 23.7 Å². The van der Waals surface area contributed by atoms with E-state index in [2.05, 4.69) is 21.2 Å². The van der Waals surface area contributed by atoms with Gasteiger partial charge in [-0.2, -0.15) is 0 Å². The second-order valence-electron chi connectivity index (χ2n) is 6.62. The van der Waals surface area contributed by atoms with Gasteiger partial charge in [0.2, 0.25) is 5.91 Å². The Hall–Kier alpha value is -1.92. The van der Waals surface area contributed by atoms with Gasteiger partial charge in [-0.3, -0.25) is 4.79 Å². The minimum Gasteiger partial charge on any atom is -0.496 e. The van der Waals surface area contributed by atoms with Crippen LogP contribution in [-0.2, 0) is 16.0 Å². The third kappa shape index (κ3) is 5.30. The molecule has 144 valence electrons. The van der Waals surface area contributed by atoms with Gasteiger partial charge in [-0.25, -0.2) is 4.39 Å². The van der Waals surface area contributed by atoms with Crippen molar-refractivity contribution < 1.29 is 18.7 Å². The van der Waals surface area contributed by atoms with E-state index in [1.165, 1.54) is 12.1 Å². The Balaban J connectivity index is 1.63. The van der Waals surface area contributed by atoms with Gasteiger partial charge in [-0.05, 0) is 70.6 Å². The summed E-state index contributed by atoms with van der Waals surface area (Å²) < 4.78 is 25.1. The second-order valence-corrected chi connectivity index (χ2v) is 7.47. The molecule has 2 aromatic rings. The van der Waals surface area contributed by atoms with E-state index in [1.807, 2.05) is 18.2 Å². The third-order valence-electron chi connectivity index (χ3n) is 4.74. The van der Waals surface area contributed by atoms with Crippen molar-refractivity contribution in [2.24, 2.45) is 0 Å². The molecule has 0 spiro atoms. The molecule has 6 heteroatoms. The summed E-state index contributed by atoms with van der Waals surface area (Å²) in [5.41, 5.74) is 1.91. The van der Waals surface area contributed by atoms with Crippen LogP contribution < -0.4 is 10.1 Å². The summed E-state index contributed by atoms with van der Waals surface area (Å²) in [6.07, 6.45) is 2.76. The van der Waals surface area contributed by atoms with Gasteiger partial charge in [0.25, 0.3) is 0 Å². The first kappa shape index (κ1) is 19.8. The number of nitrogens with one attached hydrogen (secondary N) is 1. The van der Waals surface area contributed by atoms with Crippen molar-refractivity contribution in [1.29, 1.82) is 0 Å². The molecule has 1 aliphatic rings. The highest BCUT2D eigenvalue weighted by Crippen LogP contribution is 2.28. The number of rotatable bonds is 7. The Kier molecular flexibility index (Phi) is 6.85. The molecule has 1 saturated heterocycles. The summed E-state index contributed by atoms with van der Waals surface area (Å²) in [4.78, 5) is 12.6. The predicted molar refractivity (Wildman–Crippen MR) is 105 cm³/mol. The lowest BCUT2D eigenvalue weighted by molar-refractivity contribution is -0.122. The minimum absolute atomic E-state index is 0.0493.